The van der Waals surface area contributed by atoms with Crippen molar-refractivity contribution in [3.63, 3.8) is 0 Å². The second-order valence-corrected chi connectivity index (χ2v) is 7.38. The third-order valence-electron chi connectivity index (χ3n) is 6.32. The van der Waals surface area contributed by atoms with Crippen molar-refractivity contribution in [2.24, 2.45) is 23.5 Å². The summed E-state index contributed by atoms with van der Waals surface area (Å²) >= 11 is 0. The Morgan fingerprint density at radius 3 is 2.26 bits per heavy atom. The van der Waals surface area contributed by atoms with Gasteiger partial charge in [-0.3, -0.25) is 0 Å². The van der Waals surface area contributed by atoms with Crippen molar-refractivity contribution in [3.8, 4) is 0 Å². The molecule has 1 heteroatoms. The van der Waals surface area contributed by atoms with E-state index in [-0.39, 0.29) is 0 Å². The molecule has 2 atom stereocenters. The van der Waals surface area contributed by atoms with E-state index in [4.69, 9.17) is 5.73 Å². The molecule has 1 nitrogen and oxygen atoms in total. The van der Waals surface area contributed by atoms with Gasteiger partial charge in [0.05, 0.1) is 0 Å². The summed E-state index contributed by atoms with van der Waals surface area (Å²) in [6.07, 6.45) is 8.10. The van der Waals surface area contributed by atoms with Crippen LogP contribution in [-0.2, 0) is 11.8 Å². The van der Waals surface area contributed by atoms with Crippen LogP contribution in [0.15, 0.2) is 24.3 Å². The van der Waals surface area contributed by atoms with Gasteiger partial charge < -0.3 is 5.73 Å². The van der Waals surface area contributed by atoms with Crippen molar-refractivity contribution in [1.82, 2.24) is 0 Å². The zero-order chi connectivity index (χ0) is 13.0. The Labute approximate surface area is 116 Å². The van der Waals surface area contributed by atoms with Gasteiger partial charge in [-0.2, -0.15) is 0 Å². The lowest BCUT2D eigenvalue weighted by Crippen LogP contribution is -2.58. The molecule has 2 unspecified atom stereocenters. The maximum absolute atomic E-state index is 6.45. The molecule has 1 aromatic rings. The second kappa shape index (κ2) is 4.09. The van der Waals surface area contributed by atoms with E-state index in [1.807, 2.05) is 0 Å². The summed E-state index contributed by atoms with van der Waals surface area (Å²) in [6.45, 7) is 2.23. The minimum Gasteiger partial charge on any atom is -0.327 e. The molecule has 4 aliphatic carbocycles. The molecule has 0 radical (unpaired) electrons. The molecule has 0 saturated heterocycles. The Morgan fingerprint density at radius 2 is 1.68 bits per heavy atom. The third kappa shape index (κ3) is 1.71. The summed E-state index contributed by atoms with van der Waals surface area (Å²) in [5.74, 6) is 2.57. The van der Waals surface area contributed by atoms with Crippen molar-refractivity contribution in [2.45, 2.75) is 56.9 Å². The molecule has 0 aliphatic heterocycles. The van der Waals surface area contributed by atoms with E-state index >= 15 is 0 Å². The van der Waals surface area contributed by atoms with Crippen LogP contribution in [0, 0.1) is 17.8 Å². The predicted octanol–water partition coefficient (Wildman–Crippen LogP) is 3.65. The molecule has 4 fully saturated rings. The molecule has 1 aromatic carbocycles. The Hall–Kier alpha value is -0.820. The first-order valence-corrected chi connectivity index (χ1v) is 8.05. The van der Waals surface area contributed by atoms with Crippen molar-refractivity contribution in [1.29, 1.82) is 0 Å². The lowest BCUT2D eigenvalue weighted by Gasteiger charge is -2.59. The molecule has 102 valence electrons. The van der Waals surface area contributed by atoms with Gasteiger partial charge in [0.1, 0.15) is 0 Å². The summed E-state index contributed by atoms with van der Waals surface area (Å²) in [4.78, 5) is 0. The molecule has 4 bridgehead atoms. The summed E-state index contributed by atoms with van der Waals surface area (Å²) in [5.41, 5.74) is 10.0. The fourth-order valence-corrected chi connectivity index (χ4v) is 5.51. The van der Waals surface area contributed by atoms with Crippen LogP contribution in [0.5, 0.6) is 0 Å². The minimum atomic E-state index is 0.485. The van der Waals surface area contributed by atoms with E-state index in [9.17, 15) is 0 Å². The normalized spacial score (nSPS) is 43.7. The largest absolute Gasteiger partial charge is 0.327 e. The number of rotatable bonds is 2. The van der Waals surface area contributed by atoms with Crippen molar-refractivity contribution in [3.05, 3.63) is 35.4 Å². The first-order chi connectivity index (χ1) is 9.20. The molecule has 0 heterocycles. The van der Waals surface area contributed by atoms with Crippen LogP contribution in [0.1, 0.15) is 50.2 Å². The molecule has 2 N–H and O–H groups in total. The molecule has 5 rings (SSSR count). The molecule has 4 aliphatic rings. The average molecular weight is 255 g/mol. The van der Waals surface area contributed by atoms with Crippen LogP contribution < -0.4 is 5.73 Å². The van der Waals surface area contributed by atoms with Gasteiger partial charge in [0.15, 0.2) is 0 Å². The standard InChI is InChI=1S/C18H25N/c1-2-12-3-5-16(6-4-12)18-9-13-7-14(10-18)17(19)15(8-13)11-18/h3-6,13-15,17H,2,7-11,19H2,1H3. The molecule has 4 saturated carbocycles. The second-order valence-electron chi connectivity index (χ2n) is 7.38. The van der Waals surface area contributed by atoms with Gasteiger partial charge in [-0.25, -0.2) is 0 Å². The highest BCUT2D eigenvalue weighted by molar-refractivity contribution is 5.32. The highest BCUT2D eigenvalue weighted by Crippen LogP contribution is 2.60. The smallest absolute Gasteiger partial charge is 0.00964 e. The molecular formula is C18H25N. The van der Waals surface area contributed by atoms with Gasteiger partial charge in [0.25, 0.3) is 0 Å². The maximum atomic E-state index is 6.45. The van der Waals surface area contributed by atoms with Gasteiger partial charge in [-0.05, 0) is 72.8 Å². The Balaban J connectivity index is 1.70. The highest BCUT2D eigenvalue weighted by Gasteiger charge is 2.54. The number of hydrogen-bond donors (Lipinski definition) is 1. The zero-order valence-electron chi connectivity index (χ0n) is 11.9. The topological polar surface area (TPSA) is 26.0 Å². The Bertz CT molecular complexity index is 459. The number of nitrogens with two attached hydrogens (primary N) is 1. The minimum absolute atomic E-state index is 0.485. The summed E-state index contributed by atoms with van der Waals surface area (Å²) in [6, 6.07) is 10.0. The van der Waals surface area contributed by atoms with Crippen LogP contribution in [0.3, 0.4) is 0 Å². The molecular weight excluding hydrogens is 230 g/mol. The molecule has 0 aromatic heterocycles. The van der Waals surface area contributed by atoms with Gasteiger partial charge >= 0.3 is 0 Å². The van der Waals surface area contributed by atoms with Crippen LogP contribution in [0.4, 0.5) is 0 Å². The van der Waals surface area contributed by atoms with E-state index in [0.29, 0.717) is 11.5 Å². The third-order valence-corrected chi connectivity index (χ3v) is 6.32. The highest BCUT2D eigenvalue weighted by atomic mass is 14.7. The first-order valence-electron chi connectivity index (χ1n) is 8.05. The molecule has 0 spiro atoms. The maximum Gasteiger partial charge on any atom is 0.00964 e. The summed E-state index contributed by atoms with van der Waals surface area (Å²) < 4.78 is 0. The fraction of sp³-hybridized carbons (Fsp3) is 0.667. The SMILES string of the molecule is CCc1ccc(C23CC4CC(C2)C(N)C(C4)C3)cc1. The van der Waals surface area contributed by atoms with Gasteiger partial charge in [0, 0.05) is 6.04 Å². The monoisotopic (exact) mass is 255 g/mol. The zero-order valence-corrected chi connectivity index (χ0v) is 11.9. The van der Waals surface area contributed by atoms with Crippen LogP contribution >= 0.6 is 0 Å². The summed E-state index contributed by atoms with van der Waals surface area (Å²) in [5, 5.41) is 0. The lowest BCUT2D eigenvalue weighted by atomic mass is 9.46. The van der Waals surface area contributed by atoms with Crippen LogP contribution in [-0.4, -0.2) is 6.04 Å². The Kier molecular flexibility index (Phi) is 2.57. The van der Waals surface area contributed by atoms with Gasteiger partial charge in [-0.1, -0.05) is 31.2 Å². The fourth-order valence-electron chi connectivity index (χ4n) is 5.51. The van der Waals surface area contributed by atoms with E-state index in [0.717, 1.165) is 24.2 Å². The number of aryl methyl sites for hydroxylation is 1. The van der Waals surface area contributed by atoms with Crippen LogP contribution in [0.25, 0.3) is 0 Å². The van der Waals surface area contributed by atoms with Crippen molar-refractivity contribution < 1.29 is 0 Å². The van der Waals surface area contributed by atoms with Crippen LogP contribution in [0.2, 0.25) is 0 Å². The molecule has 0 amide bonds. The molecule has 19 heavy (non-hydrogen) atoms. The van der Waals surface area contributed by atoms with E-state index < -0.39 is 0 Å². The quantitative estimate of drug-likeness (QED) is 0.857. The average Bonchev–Trinajstić information content (AvgIpc) is 2.44. The number of benzene rings is 1. The Morgan fingerprint density at radius 1 is 1.05 bits per heavy atom. The van der Waals surface area contributed by atoms with Crippen molar-refractivity contribution in [2.75, 3.05) is 0 Å². The van der Waals surface area contributed by atoms with Crippen molar-refractivity contribution >= 4 is 0 Å². The lowest BCUT2D eigenvalue weighted by molar-refractivity contribution is -0.0226. The first kappa shape index (κ1) is 12.0. The number of hydrogen-bond acceptors (Lipinski definition) is 1. The van der Waals surface area contributed by atoms with Gasteiger partial charge in [0.2, 0.25) is 0 Å². The van der Waals surface area contributed by atoms with E-state index in [1.165, 1.54) is 37.7 Å². The summed E-state index contributed by atoms with van der Waals surface area (Å²) in [7, 11) is 0. The van der Waals surface area contributed by atoms with E-state index in [1.54, 1.807) is 5.56 Å². The predicted molar refractivity (Wildman–Crippen MR) is 79.0 cm³/mol. The van der Waals surface area contributed by atoms with E-state index in [2.05, 4.69) is 31.2 Å². The van der Waals surface area contributed by atoms with Gasteiger partial charge in [-0.15, -0.1) is 0 Å².